The van der Waals surface area contributed by atoms with Gasteiger partial charge >= 0.3 is 6.09 Å². The van der Waals surface area contributed by atoms with Gasteiger partial charge in [0.15, 0.2) is 0 Å². The molecule has 1 aromatic rings. The molecule has 0 spiro atoms. The second kappa shape index (κ2) is 18.7. The highest BCUT2D eigenvalue weighted by molar-refractivity contribution is 5.92. The van der Waals surface area contributed by atoms with E-state index < -0.39 is 23.8 Å². The van der Waals surface area contributed by atoms with Gasteiger partial charge in [-0.25, -0.2) is 4.79 Å². The molecule has 7 nitrogen and oxygen atoms in total. The van der Waals surface area contributed by atoms with Crippen LogP contribution in [0.3, 0.4) is 0 Å². The Morgan fingerprint density at radius 2 is 1.55 bits per heavy atom. The van der Waals surface area contributed by atoms with Crippen LogP contribution in [0.25, 0.3) is 0 Å². The van der Waals surface area contributed by atoms with E-state index in [2.05, 4.69) is 24.5 Å². The van der Waals surface area contributed by atoms with Crippen molar-refractivity contribution in [3.05, 3.63) is 35.4 Å². The molecule has 1 rings (SSSR count). The fourth-order valence-corrected chi connectivity index (χ4v) is 4.72. The molecule has 0 bridgehead atoms. The maximum Gasteiger partial charge on any atom is 0.408 e. The number of unbranched alkanes of at least 4 members (excludes halogenated alkanes) is 7. The molecule has 1 aromatic carbocycles. The van der Waals surface area contributed by atoms with Gasteiger partial charge < -0.3 is 20.3 Å². The number of rotatable bonds is 18. The number of hydrogen-bond acceptors (Lipinski definition) is 4. The second-order valence-corrected chi connectivity index (χ2v) is 12.1. The minimum absolute atomic E-state index is 0.141. The first-order valence-corrected chi connectivity index (χ1v) is 15.6. The molecule has 7 heteroatoms. The summed E-state index contributed by atoms with van der Waals surface area (Å²) in [5.41, 5.74) is 1.12. The number of nitrogens with zero attached hydrogens (tertiary/aromatic N) is 1. The van der Waals surface area contributed by atoms with Gasteiger partial charge in [0, 0.05) is 13.1 Å². The molecule has 228 valence electrons. The van der Waals surface area contributed by atoms with Crippen molar-refractivity contribution in [2.24, 2.45) is 5.92 Å². The molecular weight excluding hydrogens is 502 g/mol. The van der Waals surface area contributed by atoms with Crippen molar-refractivity contribution >= 4 is 17.9 Å². The first kappa shape index (κ1) is 35.5. The molecule has 0 heterocycles. The predicted molar refractivity (Wildman–Crippen MR) is 164 cm³/mol. The van der Waals surface area contributed by atoms with E-state index in [1.165, 1.54) is 19.3 Å². The number of benzene rings is 1. The predicted octanol–water partition coefficient (Wildman–Crippen LogP) is 7.47. The lowest BCUT2D eigenvalue weighted by Crippen LogP contribution is -2.55. The van der Waals surface area contributed by atoms with Crippen LogP contribution >= 0.6 is 0 Å². The van der Waals surface area contributed by atoms with Crippen molar-refractivity contribution in [2.45, 2.75) is 137 Å². The Bertz CT molecular complexity index is 896. The Balaban J connectivity index is 3.42. The zero-order valence-corrected chi connectivity index (χ0v) is 26.6. The summed E-state index contributed by atoms with van der Waals surface area (Å²) in [5.74, 6) is -0.567. The van der Waals surface area contributed by atoms with Crippen LogP contribution in [0.1, 0.15) is 130 Å². The molecule has 3 amide bonds. The maximum absolute atomic E-state index is 14.4. The standard InChI is InChI=1S/C33H57N3O4/c1-9-12-14-15-16-18-23-36(31(38)28(26(5)11-3)35-32(39)40-33(6,7)8)29(27-21-19-20-25(4)24-27)30(37)34-22-17-13-10-2/h19-21,24,26,28-29H,9-18,22-23H2,1-8H3,(H,34,37)(H,35,39). The van der Waals surface area contributed by atoms with Gasteiger partial charge in [-0.2, -0.15) is 0 Å². The SMILES string of the molecule is CCCCCCCCN(C(=O)C(NC(=O)OC(C)(C)C)C(C)CC)C(C(=O)NCCCCC)c1cccc(C)c1. The molecule has 2 N–H and O–H groups in total. The third-order valence-electron chi connectivity index (χ3n) is 7.18. The lowest BCUT2D eigenvalue weighted by atomic mass is 9.95. The van der Waals surface area contributed by atoms with E-state index in [1.54, 1.807) is 25.7 Å². The van der Waals surface area contributed by atoms with E-state index >= 15 is 0 Å². The quantitative estimate of drug-likeness (QED) is 0.183. The molecule has 0 aromatic heterocycles. The van der Waals surface area contributed by atoms with Crippen molar-refractivity contribution < 1.29 is 19.1 Å². The van der Waals surface area contributed by atoms with Gasteiger partial charge in [-0.3, -0.25) is 9.59 Å². The average molecular weight is 560 g/mol. The van der Waals surface area contributed by atoms with Gasteiger partial charge in [0.1, 0.15) is 17.7 Å². The molecule has 0 saturated carbocycles. The number of carbonyl (C=O) groups is 3. The van der Waals surface area contributed by atoms with E-state index in [4.69, 9.17) is 4.74 Å². The van der Waals surface area contributed by atoms with Crippen LogP contribution < -0.4 is 10.6 Å². The molecule has 40 heavy (non-hydrogen) atoms. The van der Waals surface area contributed by atoms with Crippen molar-refractivity contribution in [3.63, 3.8) is 0 Å². The van der Waals surface area contributed by atoms with Gasteiger partial charge in [0.05, 0.1) is 0 Å². The number of ether oxygens (including phenoxy) is 1. The van der Waals surface area contributed by atoms with Gasteiger partial charge in [-0.15, -0.1) is 0 Å². The Kier molecular flexibility index (Phi) is 16.6. The Morgan fingerprint density at radius 3 is 2.15 bits per heavy atom. The summed E-state index contributed by atoms with van der Waals surface area (Å²) in [5, 5.41) is 5.95. The summed E-state index contributed by atoms with van der Waals surface area (Å²) in [6, 6.07) is 6.24. The number of aryl methyl sites for hydroxylation is 1. The van der Waals surface area contributed by atoms with Crippen LogP contribution in [0.4, 0.5) is 4.79 Å². The highest BCUT2D eigenvalue weighted by Gasteiger charge is 2.37. The second-order valence-electron chi connectivity index (χ2n) is 12.1. The lowest BCUT2D eigenvalue weighted by Gasteiger charge is -2.36. The van der Waals surface area contributed by atoms with Crippen LogP contribution in [0.2, 0.25) is 0 Å². The molecule has 3 unspecified atom stereocenters. The monoisotopic (exact) mass is 559 g/mol. The topological polar surface area (TPSA) is 87.7 Å². The molecule has 0 aliphatic carbocycles. The Hall–Kier alpha value is -2.57. The number of amides is 3. The maximum atomic E-state index is 14.4. The van der Waals surface area contributed by atoms with Gasteiger partial charge in [0.25, 0.3) is 0 Å². The Labute approximate surface area is 244 Å². The van der Waals surface area contributed by atoms with Crippen LogP contribution in [-0.4, -0.2) is 47.5 Å². The fourth-order valence-electron chi connectivity index (χ4n) is 4.72. The number of carbonyl (C=O) groups excluding carboxylic acids is 3. The van der Waals surface area contributed by atoms with E-state index in [-0.39, 0.29) is 17.7 Å². The van der Waals surface area contributed by atoms with Crippen molar-refractivity contribution in [1.82, 2.24) is 15.5 Å². The molecule has 0 saturated heterocycles. The lowest BCUT2D eigenvalue weighted by molar-refractivity contribution is -0.143. The normalized spacial score (nSPS) is 13.7. The first-order chi connectivity index (χ1) is 18.9. The minimum Gasteiger partial charge on any atom is -0.444 e. The van der Waals surface area contributed by atoms with Gasteiger partial charge in [-0.05, 0) is 52.0 Å². The first-order valence-electron chi connectivity index (χ1n) is 15.6. The smallest absolute Gasteiger partial charge is 0.408 e. The highest BCUT2D eigenvalue weighted by Crippen LogP contribution is 2.26. The molecule has 3 atom stereocenters. The molecule has 0 aliphatic rings. The number of hydrogen-bond donors (Lipinski definition) is 2. The fraction of sp³-hybridized carbons (Fsp3) is 0.727. The zero-order valence-electron chi connectivity index (χ0n) is 26.6. The third-order valence-corrected chi connectivity index (χ3v) is 7.18. The summed E-state index contributed by atoms with van der Waals surface area (Å²) < 4.78 is 5.51. The van der Waals surface area contributed by atoms with E-state index in [9.17, 15) is 14.4 Å². The average Bonchev–Trinajstić information content (AvgIpc) is 2.89. The summed E-state index contributed by atoms with van der Waals surface area (Å²) in [6.45, 7) is 16.7. The van der Waals surface area contributed by atoms with Crippen LogP contribution in [-0.2, 0) is 14.3 Å². The van der Waals surface area contributed by atoms with Crippen LogP contribution in [0.15, 0.2) is 24.3 Å². The van der Waals surface area contributed by atoms with E-state index in [0.717, 1.165) is 49.7 Å². The largest absolute Gasteiger partial charge is 0.444 e. The summed E-state index contributed by atoms with van der Waals surface area (Å²) in [4.78, 5) is 42.7. The van der Waals surface area contributed by atoms with Crippen molar-refractivity contribution in [1.29, 1.82) is 0 Å². The molecule has 0 radical (unpaired) electrons. The summed E-state index contributed by atoms with van der Waals surface area (Å²) in [7, 11) is 0. The summed E-state index contributed by atoms with van der Waals surface area (Å²) >= 11 is 0. The highest BCUT2D eigenvalue weighted by atomic mass is 16.6. The van der Waals surface area contributed by atoms with E-state index in [0.29, 0.717) is 19.5 Å². The molecular formula is C33H57N3O4. The van der Waals surface area contributed by atoms with E-state index in [1.807, 2.05) is 45.0 Å². The van der Waals surface area contributed by atoms with Crippen molar-refractivity contribution in [3.8, 4) is 0 Å². The zero-order chi connectivity index (χ0) is 30.1. The Morgan fingerprint density at radius 1 is 0.925 bits per heavy atom. The molecule has 0 fully saturated rings. The van der Waals surface area contributed by atoms with Gasteiger partial charge in [-0.1, -0.05) is 109 Å². The third kappa shape index (κ3) is 13.2. The number of alkyl carbamates (subject to hydrolysis) is 1. The number of nitrogens with one attached hydrogen (secondary N) is 2. The van der Waals surface area contributed by atoms with Crippen LogP contribution in [0, 0.1) is 12.8 Å². The summed E-state index contributed by atoms with van der Waals surface area (Å²) in [6.07, 6.45) is 9.46. The minimum atomic E-state index is -0.805. The van der Waals surface area contributed by atoms with Gasteiger partial charge in [0.2, 0.25) is 11.8 Å². The van der Waals surface area contributed by atoms with Crippen LogP contribution in [0.5, 0.6) is 0 Å². The van der Waals surface area contributed by atoms with Crippen molar-refractivity contribution in [2.75, 3.05) is 13.1 Å². The molecule has 0 aliphatic heterocycles.